The summed E-state index contributed by atoms with van der Waals surface area (Å²) >= 11 is 5.11. The summed E-state index contributed by atoms with van der Waals surface area (Å²) < 4.78 is 0. The predicted octanol–water partition coefficient (Wildman–Crippen LogP) is 1.81. The number of amides is 1. The molecule has 1 saturated heterocycles. The largest absolute Gasteiger partial charge is 0.328 e. The maximum Gasteiger partial charge on any atom is 0.276 e. The van der Waals surface area contributed by atoms with Crippen molar-refractivity contribution in [1.29, 1.82) is 0 Å². The third-order valence-electron chi connectivity index (χ3n) is 2.43. The quantitative estimate of drug-likeness (QED) is 0.623. The Morgan fingerprint density at radius 3 is 2.62 bits per heavy atom. The van der Waals surface area contributed by atoms with Crippen molar-refractivity contribution < 1.29 is 4.79 Å². The van der Waals surface area contributed by atoms with Gasteiger partial charge < -0.3 is 5.32 Å². The molecule has 82 valence electrons. The number of carbonyl (C=O) groups is 1. The van der Waals surface area contributed by atoms with Gasteiger partial charge in [-0.3, -0.25) is 9.69 Å². The average Bonchev–Trinajstić information content (AvgIpc) is 2.58. The van der Waals surface area contributed by atoms with Crippen molar-refractivity contribution in [3.8, 4) is 0 Å². The van der Waals surface area contributed by atoms with Gasteiger partial charge >= 0.3 is 0 Å². The first-order valence-electron chi connectivity index (χ1n) is 5.05. The topological polar surface area (TPSA) is 32.3 Å². The minimum absolute atomic E-state index is 0.0589. The van der Waals surface area contributed by atoms with Crippen molar-refractivity contribution in [3.05, 3.63) is 47.7 Å². The Hall–Kier alpha value is -1.68. The summed E-state index contributed by atoms with van der Waals surface area (Å²) in [5.41, 5.74) is 1.62. The zero-order valence-corrected chi connectivity index (χ0v) is 9.75. The third-order valence-corrected chi connectivity index (χ3v) is 2.76. The summed E-state index contributed by atoms with van der Waals surface area (Å²) in [6, 6.07) is 9.79. The molecular formula is C12H12N2OS. The standard InChI is InChI=1S/C12H12N2OS/c1-2-10-11(15)14(12(16)13-10)8-9-6-4-3-5-7-9/h2-7H,8H2,1H3,(H,13,16)/b10-2-. The van der Waals surface area contributed by atoms with Crippen LogP contribution in [-0.2, 0) is 11.3 Å². The van der Waals surface area contributed by atoms with E-state index in [1.165, 1.54) is 0 Å². The van der Waals surface area contributed by atoms with Crippen LogP contribution in [0.3, 0.4) is 0 Å². The van der Waals surface area contributed by atoms with Gasteiger partial charge in [0.05, 0.1) is 6.54 Å². The summed E-state index contributed by atoms with van der Waals surface area (Å²) in [5, 5.41) is 3.37. The average molecular weight is 232 g/mol. The molecule has 1 heterocycles. The number of hydrogen-bond donors (Lipinski definition) is 1. The van der Waals surface area contributed by atoms with Crippen LogP contribution in [0.1, 0.15) is 12.5 Å². The number of thiocarbonyl (C=S) groups is 1. The molecule has 1 amide bonds. The van der Waals surface area contributed by atoms with E-state index in [4.69, 9.17) is 12.2 Å². The highest BCUT2D eigenvalue weighted by Gasteiger charge is 2.29. The molecular weight excluding hydrogens is 220 g/mol. The van der Waals surface area contributed by atoms with Gasteiger partial charge in [0, 0.05) is 0 Å². The van der Waals surface area contributed by atoms with Crippen LogP contribution < -0.4 is 5.32 Å². The monoisotopic (exact) mass is 232 g/mol. The van der Waals surface area contributed by atoms with Gasteiger partial charge in [-0.05, 0) is 24.7 Å². The van der Waals surface area contributed by atoms with Crippen molar-refractivity contribution in [1.82, 2.24) is 10.2 Å². The van der Waals surface area contributed by atoms with Gasteiger partial charge in [0.1, 0.15) is 5.70 Å². The van der Waals surface area contributed by atoms with E-state index in [-0.39, 0.29) is 5.91 Å². The highest BCUT2D eigenvalue weighted by Crippen LogP contribution is 2.13. The highest BCUT2D eigenvalue weighted by atomic mass is 32.1. The molecule has 1 fully saturated rings. The highest BCUT2D eigenvalue weighted by molar-refractivity contribution is 7.80. The van der Waals surface area contributed by atoms with Gasteiger partial charge in [0.25, 0.3) is 5.91 Å². The van der Waals surface area contributed by atoms with Crippen LogP contribution >= 0.6 is 12.2 Å². The molecule has 1 N–H and O–H groups in total. The van der Waals surface area contributed by atoms with E-state index in [1.807, 2.05) is 37.3 Å². The smallest absolute Gasteiger partial charge is 0.276 e. The fourth-order valence-corrected chi connectivity index (χ4v) is 1.84. The second kappa shape index (κ2) is 4.45. The molecule has 4 heteroatoms. The van der Waals surface area contributed by atoms with E-state index in [0.29, 0.717) is 17.4 Å². The zero-order valence-electron chi connectivity index (χ0n) is 8.93. The molecule has 0 atom stereocenters. The summed E-state index contributed by atoms with van der Waals surface area (Å²) in [6.45, 7) is 2.33. The molecule has 1 aliphatic rings. The van der Waals surface area contributed by atoms with E-state index in [9.17, 15) is 4.79 Å². The van der Waals surface area contributed by atoms with Gasteiger partial charge in [0.15, 0.2) is 5.11 Å². The molecule has 1 aliphatic heterocycles. The number of benzene rings is 1. The van der Waals surface area contributed by atoms with E-state index >= 15 is 0 Å². The second-order valence-electron chi connectivity index (χ2n) is 3.51. The molecule has 16 heavy (non-hydrogen) atoms. The minimum Gasteiger partial charge on any atom is -0.328 e. The van der Waals surface area contributed by atoms with Crippen LogP contribution in [0.4, 0.5) is 0 Å². The molecule has 0 bridgehead atoms. The van der Waals surface area contributed by atoms with Crippen LogP contribution in [0.5, 0.6) is 0 Å². The van der Waals surface area contributed by atoms with E-state index < -0.39 is 0 Å². The number of nitrogens with zero attached hydrogens (tertiary/aromatic N) is 1. The lowest BCUT2D eigenvalue weighted by Crippen LogP contribution is -2.29. The van der Waals surface area contributed by atoms with Crippen molar-refractivity contribution in [3.63, 3.8) is 0 Å². The first-order valence-corrected chi connectivity index (χ1v) is 5.46. The number of carbonyl (C=O) groups excluding carboxylic acids is 1. The van der Waals surface area contributed by atoms with Crippen LogP contribution in [0.15, 0.2) is 42.1 Å². The number of allylic oxidation sites excluding steroid dienone is 1. The normalized spacial score (nSPS) is 18.1. The molecule has 0 spiro atoms. The van der Waals surface area contributed by atoms with Crippen LogP contribution in [0.25, 0.3) is 0 Å². The SMILES string of the molecule is C/C=C1\NC(=S)N(Cc2ccccc2)C1=O. The number of nitrogens with one attached hydrogen (secondary N) is 1. The fourth-order valence-electron chi connectivity index (χ4n) is 1.58. The Morgan fingerprint density at radius 2 is 2.06 bits per heavy atom. The third kappa shape index (κ3) is 1.97. The maximum atomic E-state index is 11.9. The lowest BCUT2D eigenvalue weighted by atomic mass is 10.2. The van der Waals surface area contributed by atoms with Gasteiger partial charge in [0.2, 0.25) is 0 Å². The molecule has 0 radical (unpaired) electrons. The lowest BCUT2D eigenvalue weighted by Gasteiger charge is -2.13. The van der Waals surface area contributed by atoms with Crippen LogP contribution in [0, 0.1) is 0 Å². The summed E-state index contributed by atoms with van der Waals surface area (Å²) in [7, 11) is 0. The Labute approximate surface area is 99.8 Å². The Balaban J connectivity index is 2.17. The maximum absolute atomic E-state index is 11.9. The van der Waals surface area contributed by atoms with Gasteiger partial charge in [-0.2, -0.15) is 0 Å². The van der Waals surface area contributed by atoms with E-state index in [1.54, 1.807) is 11.0 Å². The predicted molar refractivity (Wildman–Crippen MR) is 66.5 cm³/mol. The number of rotatable bonds is 2. The first-order chi connectivity index (χ1) is 7.72. The fraction of sp³-hybridized carbons (Fsp3) is 0.167. The van der Waals surface area contributed by atoms with Crippen molar-refractivity contribution in [2.24, 2.45) is 0 Å². The molecule has 0 unspecified atom stereocenters. The molecule has 0 aliphatic carbocycles. The van der Waals surface area contributed by atoms with E-state index in [0.717, 1.165) is 5.56 Å². The summed E-state index contributed by atoms with van der Waals surface area (Å²) in [6.07, 6.45) is 1.74. The van der Waals surface area contributed by atoms with Gasteiger partial charge in [-0.25, -0.2) is 0 Å². The second-order valence-corrected chi connectivity index (χ2v) is 3.90. The van der Waals surface area contributed by atoms with E-state index in [2.05, 4.69) is 5.32 Å². The lowest BCUT2D eigenvalue weighted by molar-refractivity contribution is -0.122. The summed E-state index contributed by atoms with van der Waals surface area (Å²) in [4.78, 5) is 13.4. The van der Waals surface area contributed by atoms with Crippen molar-refractivity contribution in [2.45, 2.75) is 13.5 Å². The van der Waals surface area contributed by atoms with Crippen LogP contribution in [-0.4, -0.2) is 15.9 Å². The Bertz CT molecular complexity index is 453. The van der Waals surface area contributed by atoms with Gasteiger partial charge in [-0.1, -0.05) is 36.4 Å². The molecule has 0 saturated carbocycles. The molecule has 1 aromatic carbocycles. The first kappa shape index (κ1) is 10.8. The molecule has 2 rings (SSSR count). The molecule has 0 aromatic heterocycles. The van der Waals surface area contributed by atoms with Crippen molar-refractivity contribution >= 4 is 23.2 Å². The number of hydrogen-bond acceptors (Lipinski definition) is 2. The molecule has 3 nitrogen and oxygen atoms in total. The zero-order chi connectivity index (χ0) is 11.5. The molecule has 1 aromatic rings. The van der Waals surface area contributed by atoms with Gasteiger partial charge in [-0.15, -0.1) is 0 Å². The van der Waals surface area contributed by atoms with Crippen molar-refractivity contribution in [2.75, 3.05) is 0 Å². The Morgan fingerprint density at radius 1 is 1.38 bits per heavy atom. The Kier molecular flexibility index (Phi) is 3.01. The summed E-state index contributed by atoms with van der Waals surface area (Å²) in [5.74, 6) is -0.0589. The van der Waals surface area contributed by atoms with Crippen LogP contribution in [0.2, 0.25) is 0 Å². The minimum atomic E-state index is -0.0589.